The zero-order valence-electron chi connectivity index (χ0n) is 12.2. The number of amides is 1. The van der Waals surface area contributed by atoms with Gasteiger partial charge in [0.05, 0.1) is 11.3 Å². The molecule has 0 N–H and O–H groups in total. The molecule has 0 bridgehead atoms. The van der Waals surface area contributed by atoms with Gasteiger partial charge in [0, 0.05) is 26.0 Å². The van der Waals surface area contributed by atoms with Gasteiger partial charge in [0.25, 0.3) is 5.91 Å². The molecule has 6 heteroatoms. The van der Waals surface area contributed by atoms with Gasteiger partial charge in [0.1, 0.15) is 0 Å². The molecule has 1 aromatic carbocycles. The number of nitrogens with zero attached hydrogens (tertiary/aromatic N) is 3. The summed E-state index contributed by atoms with van der Waals surface area (Å²) in [5.41, 5.74) is 2.26. The summed E-state index contributed by atoms with van der Waals surface area (Å²) in [4.78, 5) is 24.6. The maximum Gasteiger partial charge on any atom is 0.338 e. The first-order chi connectivity index (χ1) is 9.99. The van der Waals surface area contributed by atoms with Crippen LogP contribution >= 0.6 is 0 Å². The molecule has 0 atom stereocenters. The zero-order valence-corrected chi connectivity index (χ0v) is 12.2. The van der Waals surface area contributed by atoms with Crippen molar-refractivity contribution in [1.82, 2.24) is 14.7 Å². The van der Waals surface area contributed by atoms with E-state index in [1.165, 1.54) is 4.90 Å². The Morgan fingerprint density at radius 2 is 1.86 bits per heavy atom. The lowest BCUT2D eigenvalue weighted by Gasteiger charge is -2.10. The van der Waals surface area contributed by atoms with Crippen molar-refractivity contribution in [3.63, 3.8) is 0 Å². The van der Waals surface area contributed by atoms with Crippen molar-refractivity contribution in [1.29, 1.82) is 0 Å². The Labute approximate surface area is 122 Å². The smallest absolute Gasteiger partial charge is 0.338 e. The second kappa shape index (κ2) is 6.21. The number of carbonyl (C=O) groups excluding carboxylic acids is 2. The number of benzene rings is 1. The maximum absolute atomic E-state index is 11.8. The van der Waals surface area contributed by atoms with Crippen LogP contribution in [0, 0.1) is 6.92 Å². The van der Waals surface area contributed by atoms with Gasteiger partial charge in [-0.25, -0.2) is 9.48 Å². The van der Waals surface area contributed by atoms with E-state index in [1.54, 1.807) is 49.2 Å². The molecule has 0 unspecified atom stereocenters. The summed E-state index contributed by atoms with van der Waals surface area (Å²) in [7, 11) is 3.22. The standard InChI is InChI=1S/C15H17N3O3/c1-11-8-9-16-18(11)13-6-4-12(5-7-13)15(20)21-10-14(19)17(2)3/h4-9H,10H2,1-3H3. The lowest BCUT2D eigenvalue weighted by atomic mass is 10.2. The topological polar surface area (TPSA) is 64.4 Å². The van der Waals surface area contributed by atoms with Crippen LogP contribution < -0.4 is 0 Å². The molecule has 2 rings (SSSR count). The summed E-state index contributed by atoms with van der Waals surface area (Å²) in [5.74, 6) is -0.777. The Hall–Kier alpha value is -2.63. The molecule has 0 aliphatic rings. The lowest BCUT2D eigenvalue weighted by Crippen LogP contribution is -2.27. The highest BCUT2D eigenvalue weighted by atomic mass is 16.5. The number of carbonyl (C=O) groups is 2. The van der Waals surface area contributed by atoms with Gasteiger partial charge in [-0.05, 0) is 37.3 Å². The molecular formula is C15H17N3O3. The average Bonchev–Trinajstić information content (AvgIpc) is 2.90. The van der Waals surface area contributed by atoms with E-state index < -0.39 is 5.97 Å². The molecular weight excluding hydrogens is 270 g/mol. The number of esters is 1. The summed E-state index contributed by atoms with van der Waals surface area (Å²) in [6, 6.07) is 8.77. The third-order valence-electron chi connectivity index (χ3n) is 3.01. The Morgan fingerprint density at radius 3 is 2.38 bits per heavy atom. The SMILES string of the molecule is Cc1ccnn1-c1ccc(C(=O)OCC(=O)N(C)C)cc1. The van der Waals surface area contributed by atoms with Crippen LogP contribution in [-0.2, 0) is 9.53 Å². The van der Waals surface area contributed by atoms with Gasteiger partial charge < -0.3 is 9.64 Å². The van der Waals surface area contributed by atoms with Gasteiger partial charge in [-0.15, -0.1) is 0 Å². The largest absolute Gasteiger partial charge is 0.452 e. The van der Waals surface area contributed by atoms with E-state index in [0.717, 1.165) is 11.4 Å². The van der Waals surface area contributed by atoms with Crippen molar-refractivity contribution in [2.75, 3.05) is 20.7 Å². The Kier molecular flexibility index (Phi) is 4.37. The van der Waals surface area contributed by atoms with E-state index in [1.807, 2.05) is 13.0 Å². The number of hydrogen-bond donors (Lipinski definition) is 0. The van der Waals surface area contributed by atoms with Crippen LogP contribution in [0.3, 0.4) is 0 Å². The molecule has 0 saturated carbocycles. The molecule has 110 valence electrons. The number of rotatable bonds is 4. The van der Waals surface area contributed by atoms with E-state index >= 15 is 0 Å². The second-order valence-corrected chi connectivity index (χ2v) is 4.80. The van der Waals surface area contributed by atoms with Crippen LogP contribution in [0.2, 0.25) is 0 Å². The van der Waals surface area contributed by atoms with Gasteiger partial charge in [-0.2, -0.15) is 5.10 Å². The number of hydrogen-bond acceptors (Lipinski definition) is 4. The Balaban J connectivity index is 2.04. The minimum Gasteiger partial charge on any atom is -0.452 e. The third-order valence-corrected chi connectivity index (χ3v) is 3.01. The van der Waals surface area contributed by atoms with Crippen LogP contribution in [-0.4, -0.2) is 47.3 Å². The maximum atomic E-state index is 11.8. The molecule has 0 aliphatic heterocycles. The minimum atomic E-state index is -0.520. The first kappa shape index (κ1) is 14.8. The van der Waals surface area contributed by atoms with Gasteiger partial charge in [-0.3, -0.25) is 4.79 Å². The van der Waals surface area contributed by atoms with Crippen molar-refractivity contribution >= 4 is 11.9 Å². The van der Waals surface area contributed by atoms with Gasteiger partial charge in [0.15, 0.2) is 6.61 Å². The predicted octanol–water partition coefficient (Wildman–Crippen LogP) is 1.43. The second-order valence-electron chi connectivity index (χ2n) is 4.80. The molecule has 1 heterocycles. The van der Waals surface area contributed by atoms with Crippen molar-refractivity contribution in [2.45, 2.75) is 6.92 Å². The van der Waals surface area contributed by atoms with Crippen LogP contribution in [0.1, 0.15) is 16.1 Å². The predicted molar refractivity (Wildman–Crippen MR) is 77.3 cm³/mol. The number of aromatic nitrogens is 2. The highest BCUT2D eigenvalue weighted by Crippen LogP contribution is 2.12. The quantitative estimate of drug-likeness (QED) is 0.798. The third kappa shape index (κ3) is 3.47. The van der Waals surface area contributed by atoms with Crippen molar-refractivity contribution in [3.8, 4) is 5.69 Å². The summed E-state index contributed by atoms with van der Waals surface area (Å²) >= 11 is 0. The molecule has 0 saturated heterocycles. The summed E-state index contributed by atoms with van der Waals surface area (Å²) in [6.07, 6.45) is 1.71. The minimum absolute atomic E-state index is 0.257. The normalized spacial score (nSPS) is 10.2. The van der Waals surface area contributed by atoms with Crippen LogP contribution in [0.4, 0.5) is 0 Å². The number of aryl methyl sites for hydroxylation is 1. The van der Waals surface area contributed by atoms with Crippen molar-refractivity contribution < 1.29 is 14.3 Å². The Morgan fingerprint density at radius 1 is 1.19 bits per heavy atom. The lowest BCUT2D eigenvalue weighted by molar-refractivity contribution is -0.131. The van der Waals surface area contributed by atoms with E-state index in [-0.39, 0.29) is 12.5 Å². The molecule has 1 aromatic heterocycles. The summed E-state index contributed by atoms with van der Waals surface area (Å²) < 4.78 is 6.72. The molecule has 6 nitrogen and oxygen atoms in total. The van der Waals surface area contributed by atoms with Gasteiger partial charge in [-0.1, -0.05) is 0 Å². The molecule has 0 spiro atoms. The molecule has 21 heavy (non-hydrogen) atoms. The van der Waals surface area contributed by atoms with Crippen LogP contribution in [0.25, 0.3) is 5.69 Å². The van der Waals surface area contributed by atoms with E-state index in [0.29, 0.717) is 5.56 Å². The molecule has 1 amide bonds. The summed E-state index contributed by atoms with van der Waals surface area (Å²) in [6.45, 7) is 1.69. The highest BCUT2D eigenvalue weighted by molar-refractivity contribution is 5.91. The number of ether oxygens (including phenoxy) is 1. The van der Waals surface area contributed by atoms with Crippen molar-refractivity contribution in [3.05, 3.63) is 47.8 Å². The number of likely N-dealkylation sites (N-methyl/N-ethyl adjacent to an activating group) is 1. The van der Waals surface area contributed by atoms with Gasteiger partial charge >= 0.3 is 5.97 Å². The molecule has 0 aliphatic carbocycles. The average molecular weight is 287 g/mol. The fourth-order valence-corrected chi connectivity index (χ4v) is 1.72. The van der Waals surface area contributed by atoms with Crippen molar-refractivity contribution in [2.24, 2.45) is 0 Å². The zero-order chi connectivity index (χ0) is 15.4. The molecule has 0 radical (unpaired) electrons. The Bertz CT molecular complexity index is 644. The first-order valence-corrected chi connectivity index (χ1v) is 6.47. The van der Waals surface area contributed by atoms with E-state index in [4.69, 9.17) is 4.74 Å². The monoisotopic (exact) mass is 287 g/mol. The van der Waals surface area contributed by atoms with Gasteiger partial charge in [0.2, 0.25) is 0 Å². The fourth-order valence-electron chi connectivity index (χ4n) is 1.72. The first-order valence-electron chi connectivity index (χ1n) is 6.47. The van der Waals surface area contributed by atoms with E-state index in [9.17, 15) is 9.59 Å². The van der Waals surface area contributed by atoms with Crippen LogP contribution in [0.5, 0.6) is 0 Å². The van der Waals surface area contributed by atoms with Crippen LogP contribution in [0.15, 0.2) is 36.5 Å². The van der Waals surface area contributed by atoms with E-state index in [2.05, 4.69) is 5.10 Å². The molecule has 0 fully saturated rings. The fraction of sp³-hybridized carbons (Fsp3) is 0.267. The molecule has 2 aromatic rings. The highest BCUT2D eigenvalue weighted by Gasteiger charge is 2.11. The summed E-state index contributed by atoms with van der Waals surface area (Å²) in [5, 5.41) is 4.19.